The number of hydrogen-bond acceptors (Lipinski definition) is 1. The van der Waals surface area contributed by atoms with Gasteiger partial charge in [0.25, 0.3) is 0 Å². The minimum absolute atomic E-state index is 0.00107. The molecule has 0 bridgehead atoms. The number of benzene rings is 2. The Morgan fingerprint density at radius 1 is 1.00 bits per heavy atom. The summed E-state index contributed by atoms with van der Waals surface area (Å²) in [7, 11) is 0. The molecule has 2 rings (SSSR count). The smallest absolute Gasteiger partial charge is 0.167 e. The molecule has 19 heavy (non-hydrogen) atoms. The second kappa shape index (κ2) is 5.68. The molecule has 0 aromatic heterocycles. The summed E-state index contributed by atoms with van der Waals surface area (Å²) in [5.74, 6) is -1.32. The van der Waals surface area contributed by atoms with E-state index in [9.17, 15) is 13.6 Å². The van der Waals surface area contributed by atoms with Crippen molar-refractivity contribution < 1.29 is 13.6 Å². The van der Waals surface area contributed by atoms with Crippen LogP contribution < -0.4 is 0 Å². The van der Waals surface area contributed by atoms with E-state index in [1.165, 1.54) is 24.3 Å². The van der Waals surface area contributed by atoms with Crippen LogP contribution in [0, 0.1) is 11.6 Å². The number of ketones is 1. The van der Waals surface area contributed by atoms with Gasteiger partial charge >= 0.3 is 0 Å². The quantitative estimate of drug-likeness (QED) is 0.751. The number of halogens is 4. The highest BCUT2D eigenvalue weighted by Gasteiger charge is 2.12. The van der Waals surface area contributed by atoms with Crippen molar-refractivity contribution in [2.45, 2.75) is 6.42 Å². The maximum atomic E-state index is 13.0. The second-order valence-electron chi connectivity index (χ2n) is 3.96. The van der Waals surface area contributed by atoms with Crippen LogP contribution in [0.15, 0.2) is 36.4 Å². The SMILES string of the molecule is O=C(Cc1ccc(F)cc1Cl)c1ccc(F)c(Cl)c1. The van der Waals surface area contributed by atoms with Gasteiger partial charge in [0.05, 0.1) is 5.02 Å². The summed E-state index contributed by atoms with van der Waals surface area (Å²) < 4.78 is 25.9. The molecule has 0 aliphatic carbocycles. The van der Waals surface area contributed by atoms with Gasteiger partial charge in [0.1, 0.15) is 11.6 Å². The predicted octanol–water partition coefficient (Wildman–Crippen LogP) is 4.70. The van der Waals surface area contributed by atoms with Crippen molar-refractivity contribution in [3.05, 3.63) is 69.2 Å². The van der Waals surface area contributed by atoms with Crippen molar-refractivity contribution in [1.82, 2.24) is 0 Å². The molecule has 2 aromatic carbocycles. The molecular weight excluding hydrogens is 293 g/mol. The minimum atomic E-state index is -0.585. The van der Waals surface area contributed by atoms with Gasteiger partial charge in [0.15, 0.2) is 5.78 Å². The van der Waals surface area contributed by atoms with Gasteiger partial charge in [-0.25, -0.2) is 8.78 Å². The van der Waals surface area contributed by atoms with Crippen LogP contribution in [0.4, 0.5) is 8.78 Å². The van der Waals surface area contributed by atoms with Gasteiger partial charge in [-0.1, -0.05) is 29.3 Å². The van der Waals surface area contributed by atoms with Gasteiger partial charge in [-0.2, -0.15) is 0 Å². The third-order valence-corrected chi connectivity index (χ3v) is 3.25. The first-order valence-corrected chi connectivity index (χ1v) is 6.15. The number of Topliss-reactive ketones (excluding diaryl/α,β-unsaturated/α-hetero) is 1. The Kier molecular flexibility index (Phi) is 4.17. The topological polar surface area (TPSA) is 17.1 Å². The van der Waals surface area contributed by atoms with Crippen LogP contribution in [-0.2, 0) is 6.42 Å². The fourth-order valence-electron chi connectivity index (χ4n) is 1.61. The predicted molar refractivity (Wildman–Crippen MR) is 70.9 cm³/mol. The zero-order valence-corrected chi connectivity index (χ0v) is 11.1. The Bertz CT molecular complexity index is 641. The largest absolute Gasteiger partial charge is 0.294 e. The highest BCUT2D eigenvalue weighted by molar-refractivity contribution is 6.32. The van der Waals surface area contributed by atoms with Crippen LogP contribution in [0.25, 0.3) is 0 Å². The lowest BCUT2D eigenvalue weighted by Crippen LogP contribution is -2.04. The molecule has 98 valence electrons. The molecule has 0 aliphatic heterocycles. The van der Waals surface area contributed by atoms with Crippen LogP contribution in [0.5, 0.6) is 0 Å². The van der Waals surface area contributed by atoms with Crippen molar-refractivity contribution in [2.75, 3.05) is 0 Å². The summed E-state index contributed by atoms with van der Waals surface area (Å²) in [5, 5.41) is 0.0672. The van der Waals surface area contributed by atoms with Gasteiger partial charge in [-0.3, -0.25) is 4.79 Å². The number of rotatable bonds is 3. The van der Waals surface area contributed by atoms with Crippen molar-refractivity contribution in [3.8, 4) is 0 Å². The Morgan fingerprint density at radius 3 is 2.37 bits per heavy atom. The summed E-state index contributed by atoms with van der Waals surface area (Å²) in [4.78, 5) is 12.0. The monoisotopic (exact) mass is 300 g/mol. The number of carbonyl (C=O) groups is 1. The van der Waals surface area contributed by atoms with Gasteiger partial charge in [0.2, 0.25) is 0 Å². The van der Waals surface area contributed by atoms with Crippen molar-refractivity contribution in [2.24, 2.45) is 0 Å². The van der Waals surface area contributed by atoms with E-state index in [-0.39, 0.29) is 27.8 Å². The average molecular weight is 301 g/mol. The lowest BCUT2D eigenvalue weighted by atomic mass is 10.0. The maximum absolute atomic E-state index is 13.0. The van der Waals surface area contributed by atoms with Gasteiger partial charge in [0, 0.05) is 17.0 Å². The number of carbonyl (C=O) groups excluding carboxylic acids is 1. The van der Waals surface area contributed by atoms with Crippen LogP contribution in [0.2, 0.25) is 10.0 Å². The molecule has 0 N–H and O–H groups in total. The highest BCUT2D eigenvalue weighted by Crippen LogP contribution is 2.21. The van der Waals surface area contributed by atoms with E-state index in [0.717, 1.165) is 12.1 Å². The van der Waals surface area contributed by atoms with E-state index in [1.807, 2.05) is 0 Å². The molecule has 5 heteroatoms. The average Bonchev–Trinajstić information content (AvgIpc) is 2.36. The van der Waals surface area contributed by atoms with Crippen LogP contribution in [-0.4, -0.2) is 5.78 Å². The van der Waals surface area contributed by atoms with Gasteiger partial charge < -0.3 is 0 Å². The summed E-state index contributed by atoms with van der Waals surface area (Å²) in [6.45, 7) is 0. The molecule has 0 saturated carbocycles. The summed E-state index contributed by atoms with van der Waals surface area (Å²) in [5.41, 5.74) is 0.792. The summed E-state index contributed by atoms with van der Waals surface area (Å²) in [6.07, 6.45) is 0.00107. The van der Waals surface area contributed by atoms with Crippen molar-refractivity contribution >= 4 is 29.0 Å². The molecule has 0 heterocycles. The van der Waals surface area contributed by atoms with Crippen LogP contribution in [0.3, 0.4) is 0 Å². The fraction of sp³-hybridized carbons (Fsp3) is 0.0714. The minimum Gasteiger partial charge on any atom is -0.294 e. The van der Waals surface area contributed by atoms with E-state index in [0.29, 0.717) is 5.56 Å². The normalized spacial score (nSPS) is 10.5. The van der Waals surface area contributed by atoms with Gasteiger partial charge in [-0.05, 0) is 35.9 Å². The fourth-order valence-corrected chi connectivity index (χ4v) is 2.02. The van der Waals surface area contributed by atoms with Gasteiger partial charge in [-0.15, -0.1) is 0 Å². The Labute approximate surface area is 118 Å². The van der Waals surface area contributed by atoms with E-state index < -0.39 is 11.6 Å². The Hall–Kier alpha value is -1.45. The first-order valence-electron chi connectivity index (χ1n) is 5.39. The molecule has 0 aliphatic rings. The molecule has 2 aromatic rings. The Balaban J connectivity index is 2.23. The molecular formula is C14H8Cl2F2O. The molecule has 0 fully saturated rings. The van der Waals surface area contributed by atoms with Crippen LogP contribution >= 0.6 is 23.2 Å². The molecule has 0 spiro atoms. The van der Waals surface area contributed by atoms with E-state index >= 15 is 0 Å². The van der Waals surface area contributed by atoms with E-state index in [2.05, 4.69) is 0 Å². The zero-order valence-electron chi connectivity index (χ0n) is 9.59. The maximum Gasteiger partial charge on any atom is 0.167 e. The summed E-state index contributed by atoms with van der Waals surface area (Å²) >= 11 is 11.4. The third kappa shape index (κ3) is 3.31. The van der Waals surface area contributed by atoms with E-state index in [1.54, 1.807) is 0 Å². The second-order valence-corrected chi connectivity index (χ2v) is 4.78. The molecule has 0 amide bonds. The first-order chi connectivity index (χ1) is 8.97. The molecule has 0 atom stereocenters. The molecule has 1 nitrogen and oxygen atoms in total. The third-order valence-electron chi connectivity index (χ3n) is 2.61. The van der Waals surface area contributed by atoms with Crippen molar-refractivity contribution in [3.63, 3.8) is 0 Å². The molecule has 0 unspecified atom stereocenters. The highest BCUT2D eigenvalue weighted by atomic mass is 35.5. The molecule has 0 radical (unpaired) electrons. The summed E-state index contributed by atoms with van der Waals surface area (Å²) in [6, 6.07) is 7.55. The zero-order chi connectivity index (χ0) is 14.0. The van der Waals surface area contributed by atoms with Crippen molar-refractivity contribution in [1.29, 1.82) is 0 Å². The van der Waals surface area contributed by atoms with E-state index in [4.69, 9.17) is 23.2 Å². The Morgan fingerprint density at radius 2 is 1.74 bits per heavy atom. The standard InChI is InChI=1S/C14H8Cl2F2O/c15-11-7-10(17)3-1-8(11)6-14(19)9-2-4-13(18)12(16)5-9/h1-5,7H,6H2. The number of hydrogen-bond donors (Lipinski definition) is 0. The first kappa shape index (κ1) is 14.0. The molecule has 0 saturated heterocycles. The lowest BCUT2D eigenvalue weighted by Gasteiger charge is -2.05. The van der Waals surface area contributed by atoms with Crippen LogP contribution in [0.1, 0.15) is 15.9 Å². The lowest BCUT2D eigenvalue weighted by molar-refractivity contribution is 0.0993.